The van der Waals surface area contributed by atoms with Crippen LogP contribution in [-0.2, 0) is 12.8 Å². The van der Waals surface area contributed by atoms with Crippen LogP contribution in [0.3, 0.4) is 0 Å². The summed E-state index contributed by atoms with van der Waals surface area (Å²) in [5, 5.41) is 10.9. The minimum atomic E-state index is -0.304. The van der Waals surface area contributed by atoms with Crippen molar-refractivity contribution < 1.29 is 4.79 Å². The van der Waals surface area contributed by atoms with E-state index in [-0.39, 0.29) is 15.4 Å². The van der Waals surface area contributed by atoms with E-state index >= 15 is 0 Å². The molecule has 17 heavy (non-hydrogen) atoms. The molecule has 0 saturated heterocycles. The lowest BCUT2D eigenvalue weighted by Crippen LogP contribution is -2.11. The summed E-state index contributed by atoms with van der Waals surface area (Å²) in [5.41, 5.74) is 1.11. The number of nitrogens with one attached hydrogen (secondary N) is 1. The maximum atomic E-state index is 11.8. The Kier molecular flexibility index (Phi) is 2.81. The number of aromatic nitrogens is 3. The molecule has 5 nitrogen and oxygen atoms in total. The van der Waals surface area contributed by atoms with E-state index in [1.54, 1.807) is 0 Å². The fourth-order valence-electron chi connectivity index (χ4n) is 1.69. The second kappa shape index (κ2) is 4.32. The molecule has 0 spiro atoms. The molecule has 0 radical (unpaired) electrons. The van der Waals surface area contributed by atoms with Gasteiger partial charge >= 0.3 is 0 Å². The first kappa shape index (κ1) is 11.1. The molecule has 88 valence electrons. The second-order valence-electron chi connectivity index (χ2n) is 3.56. The van der Waals surface area contributed by atoms with Crippen LogP contribution in [0.5, 0.6) is 0 Å². The number of fused-ring (bicyclic) bond motifs is 1. The molecule has 0 aromatic carbocycles. The van der Waals surface area contributed by atoms with Crippen molar-refractivity contribution in [2.45, 2.75) is 19.3 Å². The van der Waals surface area contributed by atoms with Gasteiger partial charge in [0.15, 0.2) is 5.13 Å². The first-order chi connectivity index (χ1) is 8.22. The molecule has 0 unspecified atom stereocenters. The lowest BCUT2D eigenvalue weighted by molar-refractivity contribution is 0.102. The van der Waals surface area contributed by atoms with E-state index in [1.807, 2.05) is 0 Å². The molecule has 0 bridgehead atoms. The summed E-state index contributed by atoms with van der Waals surface area (Å²) in [4.78, 5) is 17.4. The highest BCUT2D eigenvalue weighted by atomic mass is 35.5. The van der Waals surface area contributed by atoms with E-state index in [9.17, 15) is 4.79 Å². The number of thiazole rings is 1. The van der Waals surface area contributed by atoms with Gasteiger partial charge in [-0.1, -0.05) is 11.3 Å². The number of carbonyl (C=O) groups excluding carboxylic acids is 1. The average molecular weight is 287 g/mol. The predicted molar refractivity (Wildman–Crippen MR) is 67.0 cm³/mol. The van der Waals surface area contributed by atoms with Crippen LogP contribution < -0.4 is 5.32 Å². The van der Waals surface area contributed by atoms with Crippen molar-refractivity contribution in [1.29, 1.82) is 0 Å². The molecule has 2 aromatic heterocycles. The third-order valence-electron chi connectivity index (χ3n) is 2.41. The van der Waals surface area contributed by atoms with Crippen molar-refractivity contribution >= 4 is 45.3 Å². The maximum Gasteiger partial charge on any atom is 0.288 e. The lowest BCUT2D eigenvalue weighted by atomic mass is 10.4. The van der Waals surface area contributed by atoms with Crippen LogP contribution in [0.2, 0.25) is 4.47 Å². The van der Waals surface area contributed by atoms with Gasteiger partial charge in [-0.05, 0) is 30.9 Å². The normalized spacial score (nSPS) is 13.7. The summed E-state index contributed by atoms with van der Waals surface area (Å²) in [6, 6.07) is 0. The van der Waals surface area contributed by atoms with E-state index in [2.05, 4.69) is 20.5 Å². The Hall–Kier alpha value is -1.05. The van der Waals surface area contributed by atoms with Gasteiger partial charge in [-0.3, -0.25) is 10.1 Å². The first-order valence-electron chi connectivity index (χ1n) is 5.01. The molecule has 1 aliphatic rings. The van der Waals surface area contributed by atoms with Crippen molar-refractivity contribution in [3.63, 3.8) is 0 Å². The van der Waals surface area contributed by atoms with Crippen molar-refractivity contribution in [3.8, 4) is 0 Å². The van der Waals surface area contributed by atoms with Gasteiger partial charge < -0.3 is 0 Å². The number of carbonyl (C=O) groups is 1. The van der Waals surface area contributed by atoms with E-state index in [1.165, 1.54) is 16.2 Å². The number of hydrogen-bond acceptors (Lipinski definition) is 6. The Bertz CT molecular complexity index is 558. The van der Waals surface area contributed by atoms with E-state index in [0.717, 1.165) is 36.3 Å². The van der Waals surface area contributed by atoms with Crippen LogP contribution in [0, 0.1) is 0 Å². The average Bonchev–Trinajstić information content (AvgIpc) is 2.92. The Balaban J connectivity index is 1.76. The van der Waals surface area contributed by atoms with Crippen molar-refractivity contribution in [2.75, 3.05) is 5.32 Å². The van der Waals surface area contributed by atoms with Gasteiger partial charge in [0.2, 0.25) is 9.47 Å². The Morgan fingerprint density at radius 3 is 2.88 bits per heavy atom. The summed E-state index contributed by atoms with van der Waals surface area (Å²) in [7, 11) is 0. The SMILES string of the molecule is O=C(Nc1nc2c(s1)CCC2)c1nnc(Cl)s1. The van der Waals surface area contributed by atoms with Gasteiger partial charge in [0.25, 0.3) is 5.91 Å². The third kappa shape index (κ3) is 2.18. The largest absolute Gasteiger partial charge is 0.296 e. The molecule has 2 heterocycles. The van der Waals surface area contributed by atoms with Crippen LogP contribution >= 0.6 is 34.3 Å². The molecule has 8 heteroatoms. The third-order valence-corrected chi connectivity index (χ3v) is 4.50. The minimum absolute atomic E-state index is 0.255. The van der Waals surface area contributed by atoms with E-state index in [0.29, 0.717) is 5.13 Å². The topological polar surface area (TPSA) is 67.8 Å². The molecule has 0 atom stereocenters. The molecule has 0 aliphatic heterocycles. The predicted octanol–water partition coefficient (Wildman–Crippen LogP) is 2.39. The van der Waals surface area contributed by atoms with Crippen molar-refractivity contribution in [2.24, 2.45) is 0 Å². The van der Waals surface area contributed by atoms with Gasteiger partial charge in [0.1, 0.15) is 0 Å². The molecule has 1 aliphatic carbocycles. The van der Waals surface area contributed by atoms with E-state index in [4.69, 9.17) is 11.6 Å². The highest BCUT2D eigenvalue weighted by Crippen LogP contribution is 2.30. The number of nitrogens with zero attached hydrogens (tertiary/aromatic N) is 3. The van der Waals surface area contributed by atoms with Gasteiger partial charge in [-0.2, -0.15) is 0 Å². The highest BCUT2D eigenvalue weighted by molar-refractivity contribution is 7.17. The first-order valence-corrected chi connectivity index (χ1v) is 7.02. The van der Waals surface area contributed by atoms with Crippen molar-refractivity contribution in [3.05, 3.63) is 20.0 Å². The standard InChI is InChI=1S/C9H7ClN4OS2/c10-8-14-13-7(17-8)6(15)12-9-11-4-2-1-3-5(4)16-9/h1-3H2,(H,11,12,15). The fourth-order valence-corrected chi connectivity index (χ4v) is 3.46. The van der Waals surface area contributed by atoms with Crippen LogP contribution in [-0.4, -0.2) is 21.1 Å². The molecular formula is C9H7ClN4OS2. The zero-order chi connectivity index (χ0) is 11.8. The van der Waals surface area contributed by atoms with Crippen LogP contribution in [0.15, 0.2) is 0 Å². The highest BCUT2D eigenvalue weighted by Gasteiger charge is 2.19. The number of halogens is 1. The van der Waals surface area contributed by atoms with Crippen LogP contribution in [0.4, 0.5) is 5.13 Å². The quantitative estimate of drug-likeness (QED) is 0.920. The van der Waals surface area contributed by atoms with Gasteiger partial charge in [0.05, 0.1) is 5.69 Å². The molecule has 0 fully saturated rings. The second-order valence-corrected chi connectivity index (χ2v) is 6.20. The Morgan fingerprint density at radius 2 is 2.18 bits per heavy atom. The monoisotopic (exact) mass is 286 g/mol. The zero-order valence-corrected chi connectivity index (χ0v) is 11.0. The number of hydrogen-bond donors (Lipinski definition) is 1. The number of anilines is 1. The van der Waals surface area contributed by atoms with E-state index < -0.39 is 0 Å². The molecule has 3 rings (SSSR count). The summed E-state index contributed by atoms with van der Waals surface area (Å²) in [6.07, 6.45) is 3.23. The Morgan fingerprint density at radius 1 is 1.29 bits per heavy atom. The van der Waals surface area contributed by atoms with Gasteiger partial charge in [0, 0.05) is 4.88 Å². The number of rotatable bonds is 2. The number of aryl methyl sites for hydroxylation is 2. The molecule has 2 aromatic rings. The minimum Gasteiger partial charge on any atom is -0.296 e. The van der Waals surface area contributed by atoms with Gasteiger partial charge in [-0.15, -0.1) is 21.5 Å². The van der Waals surface area contributed by atoms with Crippen LogP contribution in [0.25, 0.3) is 0 Å². The van der Waals surface area contributed by atoms with Crippen LogP contribution in [0.1, 0.15) is 26.8 Å². The summed E-state index contributed by atoms with van der Waals surface area (Å²) >= 11 is 8.21. The summed E-state index contributed by atoms with van der Waals surface area (Å²) in [6.45, 7) is 0. The zero-order valence-electron chi connectivity index (χ0n) is 8.57. The molecule has 1 N–H and O–H groups in total. The molecular weight excluding hydrogens is 280 g/mol. The lowest BCUT2D eigenvalue weighted by Gasteiger charge is -1.96. The molecule has 1 amide bonds. The Labute approximate surface area is 110 Å². The number of amides is 1. The van der Waals surface area contributed by atoms with Gasteiger partial charge in [-0.25, -0.2) is 4.98 Å². The van der Waals surface area contributed by atoms with Crippen molar-refractivity contribution in [1.82, 2.24) is 15.2 Å². The maximum absolute atomic E-state index is 11.8. The fraction of sp³-hybridized carbons (Fsp3) is 0.333. The summed E-state index contributed by atoms with van der Waals surface area (Å²) < 4.78 is 0.261. The smallest absolute Gasteiger partial charge is 0.288 e. The summed E-state index contributed by atoms with van der Waals surface area (Å²) in [5.74, 6) is -0.304. The molecule has 0 saturated carbocycles.